The van der Waals surface area contributed by atoms with Crippen molar-refractivity contribution in [3.05, 3.63) is 83.7 Å². The largest absolute Gasteiger partial charge is 0.320 e. The van der Waals surface area contributed by atoms with E-state index in [9.17, 15) is 4.79 Å². The van der Waals surface area contributed by atoms with Crippen molar-refractivity contribution in [2.45, 2.75) is 13.8 Å². The standard InChI is InChI=1S/C20H18N4O/c1-14-7-3-4-8-18(14)24-23-16-10-11-17(15(2)13-16)22-20(25)19-9-5-6-12-21-19/h3-13H,1-2H3,(H,22,25). The van der Waals surface area contributed by atoms with Gasteiger partial charge in [0.05, 0.1) is 11.4 Å². The lowest BCUT2D eigenvalue weighted by atomic mass is 10.1. The summed E-state index contributed by atoms with van der Waals surface area (Å²) in [7, 11) is 0. The molecule has 2 aromatic carbocycles. The molecule has 0 unspecified atom stereocenters. The van der Waals surface area contributed by atoms with Gasteiger partial charge < -0.3 is 5.32 Å². The molecule has 0 spiro atoms. The molecule has 1 amide bonds. The molecule has 1 aromatic heterocycles. The topological polar surface area (TPSA) is 66.7 Å². The summed E-state index contributed by atoms with van der Waals surface area (Å²) in [5.74, 6) is -0.238. The molecule has 3 aromatic rings. The third-order valence-electron chi connectivity index (χ3n) is 3.74. The van der Waals surface area contributed by atoms with Crippen LogP contribution in [0.15, 0.2) is 77.1 Å². The van der Waals surface area contributed by atoms with Gasteiger partial charge in [-0.25, -0.2) is 0 Å². The predicted octanol–water partition coefficient (Wildman–Crippen LogP) is 5.37. The number of aromatic nitrogens is 1. The van der Waals surface area contributed by atoms with E-state index in [1.807, 2.05) is 56.3 Å². The van der Waals surface area contributed by atoms with E-state index in [1.54, 1.807) is 24.4 Å². The molecule has 0 bridgehead atoms. The Hall–Kier alpha value is -3.34. The lowest BCUT2D eigenvalue weighted by Gasteiger charge is -2.08. The number of nitrogens with one attached hydrogen (secondary N) is 1. The molecule has 3 rings (SSSR count). The van der Waals surface area contributed by atoms with Crippen LogP contribution in [0.25, 0.3) is 0 Å². The molecule has 0 saturated carbocycles. The van der Waals surface area contributed by atoms with E-state index < -0.39 is 0 Å². The second kappa shape index (κ2) is 7.49. The van der Waals surface area contributed by atoms with Crippen LogP contribution in [0.5, 0.6) is 0 Å². The minimum Gasteiger partial charge on any atom is -0.320 e. The van der Waals surface area contributed by atoms with E-state index >= 15 is 0 Å². The molecule has 25 heavy (non-hydrogen) atoms. The number of amides is 1. The monoisotopic (exact) mass is 330 g/mol. The van der Waals surface area contributed by atoms with Crippen LogP contribution in [0.4, 0.5) is 17.1 Å². The maximum absolute atomic E-state index is 12.2. The van der Waals surface area contributed by atoms with Gasteiger partial charge in [0, 0.05) is 11.9 Å². The normalized spacial score (nSPS) is 10.8. The Kier molecular flexibility index (Phi) is 4.95. The van der Waals surface area contributed by atoms with Gasteiger partial charge in [-0.05, 0) is 61.4 Å². The number of carbonyl (C=O) groups is 1. The van der Waals surface area contributed by atoms with Crippen LogP contribution in [0.2, 0.25) is 0 Å². The molecular weight excluding hydrogens is 312 g/mol. The molecule has 0 atom stereocenters. The number of nitrogens with zero attached hydrogens (tertiary/aromatic N) is 3. The van der Waals surface area contributed by atoms with Crippen molar-refractivity contribution in [2.75, 3.05) is 5.32 Å². The number of carbonyl (C=O) groups excluding carboxylic acids is 1. The first-order chi connectivity index (χ1) is 12.1. The first-order valence-electron chi connectivity index (χ1n) is 7.94. The lowest BCUT2D eigenvalue weighted by molar-refractivity contribution is 0.102. The smallest absolute Gasteiger partial charge is 0.274 e. The average Bonchev–Trinajstić information content (AvgIpc) is 2.64. The maximum Gasteiger partial charge on any atom is 0.274 e. The second-order valence-electron chi connectivity index (χ2n) is 5.65. The van der Waals surface area contributed by atoms with Gasteiger partial charge in [0.25, 0.3) is 5.91 Å². The van der Waals surface area contributed by atoms with E-state index in [1.165, 1.54) is 0 Å². The Labute approximate surface area is 146 Å². The molecule has 1 N–H and O–H groups in total. The molecule has 1 heterocycles. The first-order valence-corrected chi connectivity index (χ1v) is 7.94. The maximum atomic E-state index is 12.2. The fraction of sp³-hybridized carbons (Fsp3) is 0.100. The molecule has 0 aliphatic carbocycles. The SMILES string of the molecule is Cc1ccccc1N=Nc1ccc(NC(=O)c2ccccn2)c(C)c1. The van der Waals surface area contributed by atoms with Gasteiger partial charge >= 0.3 is 0 Å². The number of hydrogen-bond donors (Lipinski definition) is 1. The van der Waals surface area contributed by atoms with Gasteiger partial charge in [-0.15, -0.1) is 0 Å². The molecule has 5 nitrogen and oxygen atoms in total. The van der Waals surface area contributed by atoms with Crippen molar-refractivity contribution in [1.82, 2.24) is 4.98 Å². The van der Waals surface area contributed by atoms with Crippen LogP contribution < -0.4 is 5.32 Å². The number of rotatable bonds is 4. The zero-order valence-electron chi connectivity index (χ0n) is 14.1. The highest BCUT2D eigenvalue weighted by molar-refractivity contribution is 6.03. The summed E-state index contributed by atoms with van der Waals surface area (Å²) < 4.78 is 0. The van der Waals surface area contributed by atoms with Crippen LogP contribution in [-0.4, -0.2) is 10.9 Å². The minimum atomic E-state index is -0.238. The Morgan fingerprint density at radius 2 is 1.72 bits per heavy atom. The van der Waals surface area contributed by atoms with E-state index in [-0.39, 0.29) is 5.91 Å². The fourth-order valence-corrected chi connectivity index (χ4v) is 2.32. The van der Waals surface area contributed by atoms with Crippen molar-refractivity contribution >= 4 is 23.0 Å². The number of benzene rings is 2. The highest BCUT2D eigenvalue weighted by Crippen LogP contribution is 2.25. The third kappa shape index (κ3) is 4.14. The number of hydrogen-bond acceptors (Lipinski definition) is 4. The van der Waals surface area contributed by atoms with Crippen LogP contribution >= 0.6 is 0 Å². The first kappa shape index (κ1) is 16.5. The Bertz CT molecular complexity index is 920. The second-order valence-corrected chi connectivity index (χ2v) is 5.65. The quantitative estimate of drug-likeness (QED) is 0.654. The zero-order valence-corrected chi connectivity index (χ0v) is 14.1. The summed E-state index contributed by atoms with van der Waals surface area (Å²) in [6, 6.07) is 18.6. The number of pyridine rings is 1. The summed E-state index contributed by atoms with van der Waals surface area (Å²) >= 11 is 0. The van der Waals surface area contributed by atoms with E-state index in [0.29, 0.717) is 5.69 Å². The van der Waals surface area contributed by atoms with Crippen LogP contribution in [0.3, 0.4) is 0 Å². The summed E-state index contributed by atoms with van der Waals surface area (Å²) in [6.07, 6.45) is 1.59. The summed E-state index contributed by atoms with van der Waals surface area (Å²) in [6.45, 7) is 3.91. The van der Waals surface area contributed by atoms with E-state index in [4.69, 9.17) is 0 Å². The fourth-order valence-electron chi connectivity index (χ4n) is 2.32. The summed E-state index contributed by atoms with van der Waals surface area (Å²) in [5, 5.41) is 11.4. The van der Waals surface area contributed by atoms with Gasteiger partial charge in [-0.3, -0.25) is 9.78 Å². The third-order valence-corrected chi connectivity index (χ3v) is 3.74. The Morgan fingerprint density at radius 1 is 0.920 bits per heavy atom. The zero-order chi connectivity index (χ0) is 17.6. The number of azo groups is 1. The minimum absolute atomic E-state index is 0.238. The average molecular weight is 330 g/mol. The molecule has 124 valence electrons. The van der Waals surface area contributed by atoms with Gasteiger partial charge in [0.1, 0.15) is 5.69 Å². The van der Waals surface area contributed by atoms with E-state index in [2.05, 4.69) is 20.5 Å². The summed E-state index contributed by atoms with van der Waals surface area (Å²) in [5.41, 5.74) is 4.66. The van der Waals surface area contributed by atoms with Crippen LogP contribution in [0, 0.1) is 13.8 Å². The predicted molar refractivity (Wildman–Crippen MR) is 98.7 cm³/mol. The molecular formula is C20H18N4O. The Balaban J connectivity index is 1.75. The van der Waals surface area contributed by atoms with Crippen LogP contribution in [-0.2, 0) is 0 Å². The van der Waals surface area contributed by atoms with Crippen molar-refractivity contribution < 1.29 is 4.79 Å². The van der Waals surface area contributed by atoms with Gasteiger partial charge in [-0.1, -0.05) is 24.3 Å². The van der Waals surface area contributed by atoms with Crippen molar-refractivity contribution in [3.8, 4) is 0 Å². The van der Waals surface area contributed by atoms with Gasteiger partial charge in [-0.2, -0.15) is 10.2 Å². The van der Waals surface area contributed by atoms with Crippen molar-refractivity contribution in [3.63, 3.8) is 0 Å². The molecule has 0 radical (unpaired) electrons. The molecule has 0 saturated heterocycles. The summed E-state index contributed by atoms with van der Waals surface area (Å²) in [4.78, 5) is 16.2. The highest BCUT2D eigenvalue weighted by atomic mass is 16.1. The Morgan fingerprint density at radius 3 is 2.44 bits per heavy atom. The molecule has 0 aliphatic heterocycles. The lowest BCUT2D eigenvalue weighted by Crippen LogP contribution is -2.13. The van der Waals surface area contributed by atoms with E-state index in [0.717, 1.165) is 28.2 Å². The number of anilines is 1. The highest BCUT2D eigenvalue weighted by Gasteiger charge is 2.08. The molecule has 0 aliphatic rings. The van der Waals surface area contributed by atoms with Crippen molar-refractivity contribution in [1.29, 1.82) is 0 Å². The molecule has 5 heteroatoms. The number of aryl methyl sites for hydroxylation is 2. The van der Waals surface area contributed by atoms with Gasteiger partial charge in [0.2, 0.25) is 0 Å². The van der Waals surface area contributed by atoms with Crippen LogP contribution in [0.1, 0.15) is 21.6 Å². The van der Waals surface area contributed by atoms with Gasteiger partial charge in [0.15, 0.2) is 0 Å². The molecule has 0 fully saturated rings. The van der Waals surface area contributed by atoms with Crippen molar-refractivity contribution in [2.24, 2.45) is 10.2 Å².